The first-order valence-corrected chi connectivity index (χ1v) is 4.81. The van der Waals surface area contributed by atoms with Crippen LogP contribution in [0.15, 0.2) is 18.2 Å². The van der Waals surface area contributed by atoms with E-state index in [9.17, 15) is 15.0 Å². The third-order valence-corrected chi connectivity index (χ3v) is 2.03. The Morgan fingerprint density at radius 2 is 2.19 bits per heavy atom. The molecule has 0 aliphatic heterocycles. The van der Waals surface area contributed by atoms with Gasteiger partial charge >= 0.3 is 5.97 Å². The van der Waals surface area contributed by atoms with Crippen LogP contribution in [0.25, 0.3) is 0 Å². The molecule has 5 heteroatoms. The van der Waals surface area contributed by atoms with Gasteiger partial charge < -0.3 is 19.7 Å². The summed E-state index contributed by atoms with van der Waals surface area (Å²) in [5.74, 6) is -0.602. The Morgan fingerprint density at radius 1 is 1.50 bits per heavy atom. The van der Waals surface area contributed by atoms with E-state index in [0.717, 1.165) is 0 Å². The van der Waals surface area contributed by atoms with Crippen molar-refractivity contribution >= 4 is 5.97 Å². The summed E-state index contributed by atoms with van der Waals surface area (Å²) in [6, 6.07) is 4.22. The first-order chi connectivity index (χ1) is 7.60. The molecule has 0 fully saturated rings. The monoisotopic (exact) mass is 226 g/mol. The van der Waals surface area contributed by atoms with Crippen LogP contribution in [0.5, 0.6) is 11.5 Å². The third kappa shape index (κ3) is 2.64. The van der Waals surface area contributed by atoms with Crippen LogP contribution in [0.1, 0.15) is 18.6 Å². The van der Waals surface area contributed by atoms with Crippen LogP contribution in [-0.4, -0.2) is 29.9 Å². The normalized spacial score (nSPS) is 11.9. The summed E-state index contributed by atoms with van der Waals surface area (Å²) in [6.07, 6.45) is -1.39. The second kappa shape index (κ2) is 5.37. The van der Waals surface area contributed by atoms with Gasteiger partial charge in [0.2, 0.25) is 0 Å². The summed E-state index contributed by atoms with van der Waals surface area (Å²) in [5.41, 5.74) is 0.261. The van der Waals surface area contributed by atoms with E-state index < -0.39 is 12.1 Å². The van der Waals surface area contributed by atoms with Gasteiger partial charge in [-0.1, -0.05) is 6.07 Å². The van der Waals surface area contributed by atoms with Gasteiger partial charge in [0, 0.05) is 0 Å². The number of aromatic hydroxyl groups is 1. The number of benzene rings is 1. The van der Waals surface area contributed by atoms with Gasteiger partial charge in [-0.2, -0.15) is 0 Å². The topological polar surface area (TPSA) is 76.0 Å². The van der Waals surface area contributed by atoms with Gasteiger partial charge in [0.25, 0.3) is 0 Å². The fourth-order valence-electron chi connectivity index (χ4n) is 1.23. The Bertz CT molecular complexity index is 375. The maximum Gasteiger partial charge on any atom is 0.339 e. The SMILES string of the molecule is CCOC(=O)[C@@H](O)c1ccc(OC)c(O)c1. The van der Waals surface area contributed by atoms with Crippen molar-refractivity contribution in [1.29, 1.82) is 0 Å². The highest BCUT2D eigenvalue weighted by Gasteiger charge is 2.19. The molecule has 5 nitrogen and oxygen atoms in total. The number of rotatable bonds is 4. The number of esters is 1. The minimum atomic E-state index is -1.39. The smallest absolute Gasteiger partial charge is 0.339 e. The molecule has 1 aromatic carbocycles. The predicted octanol–water partition coefficient (Wildman–Crippen LogP) is 0.997. The summed E-state index contributed by atoms with van der Waals surface area (Å²) in [6.45, 7) is 1.84. The fourth-order valence-corrected chi connectivity index (χ4v) is 1.23. The van der Waals surface area contributed by atoms with E-state index in [1.54, 1.807) is 6.92 Å². The number of phenols is 1. The highest BCUT2D eigenvalue weighted by molar-refractivity contribution is 5.76. The Hall–Kier alpha value is -1.75. The summed E-state index contributed by atoms with van der Waals surface area (Å²) in [7, 11) is 1.41. The predicted molar refractivity (Wildman–Crippen MR) is 56.3 cm³/mol. The number of carbonyl (C=O) groups excluding carboxylic acids is 1. The van der Waals surface area contributed by atoms with E-state index in [-0.39, 0.29) is 23.7 Å². The molecule has 0 unspecified atom stereocenters. The third-order valence-electron chi connectivity index (χ3n) is 2.03. The number of ether oxygens (including phenoxy) is 2. The van der Waals surface area contributed by atoms with Gasteiger partial charge in [0.15, 0.2) is 17.6 Å². The van der Waals surface area contributed by atoms with Crippen molar-refractivity contribution in [2.75, 3.05) is 13.7 Å². The molecule has 1 rings (SSSR count). The van der Waals surface area contributed by atoms with Gasteiger partial charge in [0.1, 0.15) is 0 Å². The van der Waals surface area contributed by atoms with Crippen LogP contribution < -0.4 is 4.74 Å². The largest absolute Gasteiger partial charge is 0.504 e. The number of phenolic OH excluding ortho intramolecular Hbond substituents is 1. The van der Waals surface area contributed by atoms with Crippen LogP contribution in [0.2, 0.25) is 0 Å². The van der Waals surface area contributed by atoms with Crippen molar-refractivity contribution in [2.24, 2.45) is 0 Å². The molecule has 0 aromatic heterocycles. The number of aliphatic hydroxyl groups excluding tert-OH is 1. The zero-order valence-corrected chi connectivity index (χ0v) is 9.14. The molecule has 1 atom stereocenters. The molecular weight excluding hydrogens is 212 g/mol. The molecule has 0 bridgehead atoms. The van der Waals surface area contributed by atoms with Crippen LogP contribution in [0.4, 0.5) is 0 Å². The Labute approximate surface area is 93.2 Å². The van der Waals surface area contributed by atoms with Gasteiger partial charge in [-0.05, 0) is 24.6 Å². The Kier molecular flexibility index (Phi) is 4.13. The summed E-state index contributed by atoms with van der Waals surface area (Å²) < 4.78 is 9.49. The first kappa shape index (κ1) is 12.3. The molecule has 1 aromatic rings. The number of methoxy groups -OCH3 is 1. The minimum absolute atomic E-state index is 0.136. The van der Waals surface area contributed by atoms with Crippen LogP contribution in [0.3, 0.4) is 0 Å². The Balaban J connectivity index is 2.88. The van der Waals surface area contributed by atoms with Crippen molar-refractivity contribution in [2.45, 2.75) is 13.0 Å². The molecule has 0 spiro atoms. The molecule has 0 aliphatic carbocycles. The van der Waals surface area contributed by atoms with Crippen molar-refractivity contribution in [3.63, 3.8) is 0 Å². The Morgan fingerprint density at radius 3 is 2.69 bits per heavy atom. The van der Waals surface area contributed by atoms with E-state index in [1.807, 2.05) is 0 Å². The molecule has 2 N–H and O–H groups in total. The highest BCUT2D eigenvalue weighted by Crippen LogP contribution is 2.29. The van der Waals surface area contributed by atoms with Crippen molar-refractivity contribution in [3.05, 3.63) is 23.8 Å². The number of hydrogen-bond donors (Lipinski definition) is 2. The van der Waals surface area contributed by atoms with Gasteiger partial charge in [-0.25, -0.2) is 4.79 Å². The molecule has 0 saturated carbocycles. The van der Waals surface area contributed by atoms with Crippen LogP contribution >= 0.6 is 0 Å². The second-order valence-electron chi connectivity index (χ2n) is 3.09. The molecule has 0 radical (unpaired) electrons. The fraction of sp³-hybridized carbons (Fsp3) is 0.364. The van der Waals surface area contributed by atoms with Crippen molar-refractivity contribution in [1.82, 2.24) is 0 Å². The van der Waals surface area contributed by atoms with Crippen LogP contribution in [0, 0.1) is 0 Å². The average molecular weight is 226 g/mol. The maximum atomic E-state index is 11.2. The highest BCUT2D eigenvalue weighted by atomic mass is 16.5. The minimum Gasteiger partial charge on any atom is -0.504 e. The molecule has 0 aliphatic rings. The van der Waals surface area contributed by atoms with E-state index >= 15 is 0 Å². The van der Waals surface area contributed by atoms with Gasteiger partial charge in [-0.3, -0.25) is 0 Å². The zero-order chi connectivity index (χ0) is 12.1. The number of carbonyl (C=O) groups is 1. The van der Waals surface area contributed by atoms with E-state index in [1.165, 1.54) is 25.3 Å². The van der Waals surface area contributed by atoms with E-state index in [0.29, 0.717) is 0 Å². The molecule has 0 amide bonds. The van der Waals surface area contributed by atoms with Gasteiger partial charge in [-0.15, -0.1) is 0 Å². The first-order valence-electron chi connectivity index (χ1n) is 4.81. The van der Waals surface area contributed by atoms with Gasteiger partial charge in [0.05, 0.1) is 13.7 Å². The van der Waals surface area contributed by atoms with E-state index in [2.05, 4.69) is 4.74 Å². The molecule has 16 heavy (non-hydrogen) atoms. The van der Waals surface area contributed by atoms with Crippen molar-refractivity contribution in [3.8, 4) is 11.5 Å². The molecular formula is C11H14O5. The van der Waals surface area contributed by atoms with E-state index in [4.69, 9.17) is 4.74 Å². The van der Waals surface area contributed by atoms with Crippen LogP contribution in [-0.2, 0) is 9.53 Å². The standard InChI is InChI=1S/C11H14O5/c1-3-16-11(14)10(13)7-4-5-9(15-2)8(12)6-7/h4-6,10,12-13H,3H2,1-2H3/t10-/m0/s1. The lowest BCUT2D eigenvalue weighted by molar-refractivity contribution is -0.153. The number of hydrogen-bond acceptors (Lipinski definition) is 5. The lowest BCUT2D eigenvalue weighted by Gasteiger charge is -2.11. The summed E-state index contributed by atoms with van der Waals surface area (Å²) in [5, 5.41) is 19.0. The summed E-state index contributed by atoms with van der Waals surface area (Å²) in [4.78, 5) is 11.2. The maximum absolute atomic E-state index is 11.2. The number of aliphatic hydroxyl groups is 1. The average Bonchev–Trinajstić information content (AvgIpc) is 2.28. The quantitative estimate of drug-likeness (QED) is 0.749. The lowest BCUT2D eigenvalue weighted by Crippen LogP contribution is -2.15. The lowest BCUT2D eigenvalue weighted by atomic mass is 10.1. The zero-order valence-electron chi connectivity index (χ0n) is 9.14. The molecule has 0 saturated heterocycles. The van der Waals surface area contributed by atoms with Crippen molar-refractivity contribution < 1.29 is 24.5 Å². The second-order valence-corrected chi connectivity index (χ2v) is 3.09. The molecule has 88 valence electrons. The summed E-state index contributed by atoms with van der Waals surface area (Å²) >= 11 is 0. The molecule has 0 heterocycles.